The molecule has 1 amide bonds. The van der Waals surface area contributed by atoms with Crippen LogP contribution in [0.2, 0.25) is 0 Å². The first kappa shape index (κ1) is 19.6. The Balaban J connectivity index is 1.43. The molecule has 2 aromatic carbocycles. The fourth-order valence-electron chi connectivity index (χ4n) is 2.55. The lowest BCUT2D eigenvalue weighted by atomic mass is 10.2. The lowest BCUT2D eigenvalue weighted by molar-refractivity contribution is -0.116. The Labute approximate surface area is 171 Å². The molecule has 0 aliphatic heterocycles. The van der Waals surface area contributed by atoms with Gasteiger partial charge in [0.2, 0.25) is 5.91 Å². The highest BCUT2D eigenvalue weighted by atomic mass is 79.9. The van der Waals surface area contributed by atoms with Crippen LogP contribution in [0.4, 0.5) is 5.13 Å². The van der Waals surface area contributed by atoms with Crippen LogP contribution in [0.5, 0.6) is 5.75 Å². The summed E-state index contributed by atoms with van der Waals surface area (Å²) in [6.07, 6.45) is 2.03. The highest BCUT2D eigenvalue weighted by Gasteiger charge is 2.08. The molecule has 6 heteroatoms. The van der Waals surface area contributed by atoms with Crippen LogP contribution in [0, 0.1) is 0 Å². The van der Waals surface area contributed by atoms with Gasteiger partial charge in [-0.2, -0.15) is 0 Å². The average molecular weight is 445 g/mol. The van der Waals surface area contributed by atoms with E-state index in [1.807, 2.05) is 41.8 Å². The number of nitrogens with zero attached hydrogens (tertiary/aromatic N) is 1. The Hall–Kier alpha value is -2.18. The Bertz CT molecular complexity index is 896. The zero-order valence-electron chi connectivity index (χ0n) is 15.1. The van der Waals surface area contributed by atoms with E-state index in [4.69, 9.17) is 4.74 Å². The summed E-state index contributed by atoms with van der Waals surface area (Å²) in [5.74, 6) is 0.757. The van der Waals surface area contributed by atoms with Gasteiger partial charge in [0.1, 0.15) is 5.75 Å². The number of hydrogen-bond acceptors (Lipinski definition) is 4. The van der Waals surface area contributed by atoms with Gasteiger partial charge in [-0.15, -0.1) is 11.3 Å². The van der Waals surface area contributed by atoms with E-state index in [0.717, 1.165) is 27.9 Å². The number of aryl methyl sites for hydroxylation is 1. The monoisotopic (exact) mass is 444 g/mol. The zero-order valence-corrected chi connectivity index (χ0v) is 17.5. The SMILES string of the molecule is CCc1ccc(OCCCC(=O)Nc2nc(-c3ccccc3)cs2)c(Br)c1. The molecular weight excluding hydrogens is 424 g/mol. The first-order chi connectivity index (χ1) is 13.2. The number of anilines is 1. The zero-order chi connectivity index (χ0) is 19.1. The number of thiazole rings is 1. The molecule has 0 fully saturated rings. The molecule has 0 bridgehead atoms. The fraction of sp³-hybridized carbons (Fsp3) is 0.238. The molecule has 3 aromatic rings. The number of nitrogens with one attached hydrogen (secondary N) is 1. The van der Waals surface area contributed by atoms with Gasteiger partial charge < -0.3 is 10.1 Å². The minimum absolute atomic E-state index is 0.0482. The van der Waals surface area contributed by atoms with Crippen LogP contribution >= 0.6 is 27.3 Å². The molecule has 27 heavy (non-hydrogen) atoms. The largest absolute Gasteiger partial charge is 0.492 e. The summed E-state index contributed by atoms with van der Waals surface area (Å²) in [5.41, 5.74) is 3.17. The number of amides is 1. The van der Waals surface area contributed by atoms with E-state index >= 15 is 0 Å². The molecule has 0 radical (unpaired) electrons. The summed E-state index contributed by atoms with van der Waals surface area (Å²) in [7, 11) is 0. The van der Waals surface area contributed by atoms with Crippen LogP contribution in [0.15, 0.2) is 58.4 Å². The molecule has 0 unspecified atom stereocenters. The van der Waals surface area contributed by atoms with E-state index in [1.165, 1.54) is 16.9 Å². The molecule has 140 valence electrons. The Morgan fingerprint density at radius 1 is 1.22 bits per heavy atom. The second-order valence-corrected chi connectivity index (χ2v) is 7.73. The van der Waals surface area contributed by atoms with Crippen molar-refractivity contribution in [2.45, 2.75) is 26.2 Å². The van der Waals surface area contributed by atoms with Gasteiger partial charge in [0.25, 0.3) is 0 Å². The second-order valence-electron chi connectivity index (χ2n) is 6.02. The molecule has 0 spiro atoms. The van der Waals surface area contributed by atoms with Crippen molar-refractivity contribution in [2.75, 3.05) is 11.9 Å². The fourth-order valence-corrected chi connectivity index (χ4v) is 3.83. The standard InChI is InChI=1S/C21H21BrN2O2S/c1-2-15-10-11-19(17(22)13-15)26-12-6-9-20(25)24-21-23-18(14-27-21)16-7-4-3-5-8-16/h3-5,7-8,10-11,13-14H,2,6,9,12H2,1H3,(H,23,24,25). The molecule has 0 atom stereocenters. The van der Waals surface area contributed by atoms with Crippen molar-refractivity contribution in [1.82, 2.24) is 4.98 Å². The van der Waals surface area contributed by atoms with Crippen molar-refractivity contribution in [2.24, 2.45) is 0 Å². The predicted octanol–water partition coefficient (Wildman–Crippen LogP) is 5.93. The van der Waals surface area contributed by atoms with E-state index in [-0.39, 0.29) is 5.91 Å². The van der Waals surface area contributed by atoms with Crippen molar-refractivity contribution >= 4 is 38.3 Å². The van der Waals surface area contributed by atoms with Crippen LogP contribution in [0.1, 0.15) is 25.3 Å². The van der Waals surface area contributed by atoms with E-state index in [0.29, 0.717) is 24.6 Å². The number of carbonyl (C=O) groups is 1. The first-order valence-corrected chi connectivity index (χ1v) is 10.5. The third kappa shape index (κ3) is 5.65. The highest BCUT2D eigenvalue weighted by Crippen LogP contribution is 2.27. The van der Waals surface area contributed by atoms with Gasteiger partial charge in [-0.3, -0.25) is 4.79 Å². The first-order valence-electron chi connectivity index (χ1n) is 8.87. The smallest absolute Gasteiger partial charge is 0.226 e. The minimum atomic E-state index is -0.0482. The van der Waals surface area contributed by atoms with Crippen LogP contribution < -0.4 is 10.1 Å². The van der Waals surface area contributed by atoms with Crippen molar-refractivity contribution in [3.63, 3.8) is 0 Å². The Morgan fingerprint density at radius 3 is 2.78 bits per heavy atom. The number of halogens is 1. The van der Waals surface area contributed by atoms with Crippen molar-refractivity contribution < 1.29 is 9.53 Å². The molecule has 0 saturated carbocycles. The van der Waals surface area contributed by atoms with Gasteiger partial charge in [-0.1, -0.05) is 43.3 Å². The van der Waals surface area contributed by atoms with Gasteiger partial charge in [0.15, 0.2) is 5.13 Å². The van der Waals surface area contributed by atoms with Crippen LogP contribution in [-0.4, -0.2) is 17.5 Å². The van der Waals surface area contributed by atoms with Crippen molar-refractivity contribution in [3.05, 3.63) is 63.9 Å². The molecule has 3 rings (SSSR count). The summed E-state index contributed by atoms with van der Waals surface area (Å²) >= 11 is 4.96. The summed E-state index contributed by atoms with van der Waals surface area (Å²) in [4.78, 5) is 16.6. The summed E-state index contributed by atoms with van der Waals surface area (Å²) < 4.78 is 6.71. The maximum atomic E-state index is 12.1. The third-order valence-electron chi connectivity index (χ3n) is 4.03. The molecule has 1 aromatic heterocycles. The van der Waals surface area contributed by atoms with Crippen LogP contribution in [-0.2, 0) is 11.2 Å². The number of benzene rings is 2. The number of ether oxygens (including phenoxy) is 1. The minimum Gasteiger partial charge on any atom is -0.492 e. The molecule has 4 nitrogen and oxygen atoms in total. The van der Waals surface area contributed by atoms with E-state index in [1.54, 1.807) is 0 Å². The summed E-state index contributed by atoms with van der Waals surface area (Å²) in [6, 6.07) is 16.0. The van der Waals surface area contributed by atoms with Gasteiger partial charge in [0.05, 0.1) is 16.8 Å². The number of carbonyl (C=O) groups excluding carboxylic acids is 1. The topological polar surface area (TPSA) is 51.2 Å². The van der Waals surface area contributed by atoms with Gasteiger partial charge in [0, 0.05) is 17.4 Å². The lowest BCUT2D eigenvalue weighted by Gasteiger charge is -2.09. The van der Waals surface area contributed by atoms with E-state index in [2.05, 4.69) is 45.3 Å². The molecule has 0 aliphatic rings. The van der Waals surface area contributed by atoms with Gasteiger partial charge in [-0.05, 0) is 46.5 Å². The lowest BCUT2D eigenvalue weighted by Crippen LogP contribution is -2.12. The average Bonchev–Trinajstić information content (AvgIpc) is 3.15. The maximum Gasteiger partial charge on any atom is 0.226 e. The Morgan fingerprint density at radius 2 is 2.04 bits per heavy atom. The molecule has 0 aliphatic carbocycles. The third-order valence-corrected chi connectivity index (χ3v) is 5.41. The van der Waals surface area contributed by atoms with Crippen molar-refractivity contribution in [3.8, 4) is 17.0 Å². The predicted molar refractivity (Wildman–Crippen MR) is 114 cm³/mol. The van der Waals surface area contributed by atoms with E-state index < -0.39 is 0 Å². The number of aromatic nitrogens is 1. The van der Waals surface area contributed by atoms with Gasteiger partial charge >= 0.3 is 0 Å². The van der Waals surface area contributed by atoms with Gasteiger partial charge in [-0.25, -0.2) is 4.98 Å². The maximum absolute atomic E-state index is 12.1. The summed E-state index contributed by atoms with van der Waals surface area (Å²) in [5, 5.41) is 5.43. The Kier molecular flexibility index (Phi) is 7.01. The van der Waals surface area contributed by atoms with Crippen LogP contribution in [0.25, 0.3) is 11.3 Å². The molecule has 1 heterocycles. The number of hydrogen-bond donors (Lipinski definition) is 1. The van der Waals surface area contributed by atoms with Crippen LogP contribution in [0.3, 0.4) is 0 Å². The highest BCUT2D eigenvalue weighted by molar-refractivity contribution is 9.10. The van der Waals surface area contributed by atoms with Crippen molar-refractivity contribution in [1.29, 1.82) is 0 Å². The molecule has 0 saturated heterocycles. The normalized spacial score (nSPS) is 10.6. The van der Waals surface area contributed by atoms with E-state index in [9.17, 15) is 4.79 Å². The number of rotatable bonds is 8. The second kappa shape index (κ2) is 9.67. The summed E-state index contributed by atoms with van der Waals surface area (Å²) in [6.45, 7) is 2.61. The molecule has 1 N–H and O–H groups in total. The molecular formula is C21H21BrN2O2S. The quantitative estimate of drug-likeness (QED) is 0.437.